The van der Waals surface area contributed by atoms with Gasteiger partial charge in [0.25, 0.3) is 6.43 Å². The maximum absolute atomic E-state index is 12.1. The lowest BCUT2D eigenvalue weighted by atomic mass is 10.0. The minimum atomic E-state index is -2.47. The average Bonchev–Trinajstić information content (AvgIpc) is 2.46. The van der Waals surface area contributed by atoms with Gasteiger partial charge in [-0.15, -0.1) is 12.4 Å². The summed E-state index contributed by atoms with van der Waals surface area (Å²) >= 11 is 0. The Balaban J connectivity index is 0.00000220. The molecule has 0 amide bonds. The number of benzene rings is 2. The normalized spacial score (nSPS) is 10.3. The number of ether oxygens (including phenoxy) is 1. The van der Waals surface area contributed by atoms with Gasteiger partial charge in [-0.05, 0) is 41.8 Å². The van der Waals surface area contributed by atoms with Crippen molar-refractivity contribution in [3.63, 3.8) is 0 Å². The van der Waals surface area contributed by atoms with Crippen molar-refractivity contribution in [2.45, 2.75) is 12.8 Å². The molecule has 0 heterocycles. The van der Waals surface area contributed by atoms with Crippen molar-refractivity contribution in [2.24, 2.45) is 5.73 Å². The molecule has 0 atom stereocenters. The maximum Gasteiger partial charge on any atom is 0.272 e. The molecular formula is C16H18ClF2NO. The summed E-state index contributed by atoms with van der Waals surface area (Å²) in [5.41, 5.74) is 8.67. The van der Waals surface area contributed by atoms with Gasteiger partial charge in [-0.1, -0.05) is 36.4 Å². The first kappa shape index (κ1) is 17.4. The van der Waals surface area contributed by atoms with Crippen molar-refractivity contribution in [2.75, 3.05) is 13.2 Å². The van der Waals surface area contributed by atoms with E-state index >= 15 is 0 Å². The Kier molecular flexibility index (Phi) is 7.12. The van der Waals surface area contributed by atoms with Gasteiger partial charge in [0.15, 0.2) is 0 Å². The Morgan fingerprint density at radius 3 is 2.33 bits per heavy atom. The van der Waals surface area contributed by atoms with Crippen LogP contribution in [-0.4, -0.2) is 19.6 Å². The predicted molar refractivity (Wildman–Crippen MR) is 83.4 cm³/mol. The third-order valence-electron chi connectivity index (χ3n) is 2.90. The third-order valence-corrected chi connectivity index (χ3v) is 2.90. The van der Waals surface area contributed by atoms with E-state index in [9.17, 15) is 8.78 Å². The highest BCUT2D eigenvalue weighted by molar-refractivity contribution is 5.85. The lowest BCUT2D eigenvalue weighted by molar-refractivity contribution is 0.0819. The van der Waals surface area contributed by atoms with E-state index in [2.05, 4.69) is 6.07 Å². The highest BCUT2D eigenvalue weighted by Gasteiger charge is 2.05. The van der Waals surface area contributed by atoms with Crippen molar-refractivity contribution in [3.8, 4) is 16.9 Å². The van der Waals surface area contributed by atoms with Gasteiger partial charge in [0.1, 0.15) is 12.4 Å². The highest BCUT2D eigenvalue weighted by atomic mass is 35.5. The number of nitrogens with two attached hydrogens (primary N) is 1. The van der Waals surface area contributed by atoms with E-state index in [1.54, 1.807) is 18.2 Å². The monoisotopic (exact) mass is 313 g/mol. The van der Waals surface area contributed by atoms with Crippen molar-refractivity contribution in [1.29, 1.82) is 0 Å². The molecular weight excluding hydrogens is 296 g/mol. The van der Waals surface area contributed by atoms with E-state index in [1.807, 2.05) is 24.3 Å². The molecule has 0 aliphatic carbocycles. The molecule has 0 spiro atoms. The standard InChI is InChI=1S/C16H17F2NO.ClH/c17-16(18)11-20-15-6-2-5-14(10-15)13-4-1-3-12(9-13)7-8-19;/h1-6,9-10,16H,7-8,11,19H2;1H. The quantitative estimate of drug-likeness (QED) is 0.877. The first-order chi connectivity index (χ1) is 9.69. The molecule has 0 aromatic heterocycles. The minimum absolute atomic E-state index is 0. The molecule has 5 heteroatoms. The maximum atomic E-state index is 12.1. The Hall–Kier alpha value is -1.65. The molecule has 0 fully saturated rings. The highest BCUT2D eigenvalue weighted by Crippen LogP contribution is 2.25. The van der Waals surface area contributed by atoms with Crippen LogP contribution in [0.3, 0.4) is 0 Å². The van der Waals surface area contributed by atoms with Gasteiger partial charge in [-0.3, -0.25) is 0 Å². The number of hydrogen-bond acceptors (Lipinski definition) is 2. The van der Waals surface area contributed by atoms with Crippen LogP contribution in [0.2, 0.25) is 0 Å². The summed E-state index contributed by atoms with van der Waals surface area (Å²) in [6, 6.07) is 15.2. The molecule has 0 aliphatic rings. The van der Waals surface area contributed by atoms with E-state index in [-0.39, 0.29) is 12.4 Å². The molecule has 2 nitrogen and oxygen atoms in total. The van der Waals surface area contributed by atoms with E-state index in [1.165, 1.54) is 0 Å². The second-order valence-corrected chi connectivity index (χ2v) is 4.47. The molecule has 0 saturated carbocycles. The summed E-state index contributed by atoms with van der Waals surface area (Å²) in [6.07, 6.45) is -1.65. The molecule has 2 aromatic carbocycles. The summed E-state index contributed by atoms with van der Waals surface area (Å²) in [5.74, 6) is 0.451. The van der Waals surface area contributed by atoms with Gasteiger partial charge < -0.3 is 10.5 Å². The smallest absolute Gasteiger partial charge is 0.272 e. The SMILES string of the molecule is Cl.NCCc1cccc(-c2cccc(OCC(F)F)c2)c1. The summed E-state index contributed by atoms with van der Waals surface area (Å²) in [7, 11) is 0. The fourth-order valence-corrected chi connectivity index (χ4v) is 2.00. The van der Waals surface area contributed by atoms with Crippen molar-refractivity contribution >= 4 is 12.4 Å². The molecule has 0 unspecified atom stereocenters. The summed E-state index contributed by atoms with van der Waals surface area (Å²) < 4.78 is 29.3. The predicted octanol–water partition coefficient (Wildman–Crippen LogP) is 3.92. The van der Waals surface area contributed by atoms with Gasteiger partial charge in [0.05, 0.1) is 0 Å². The zero-order chi connectivity index (χ0) is 14.4. The molecule has 21 heavy (non-hydrogen) atoms. The number of alkyl halides is 2. The largest absolute Gasteiger partial charge is 0.488 e. The lowest BCUT2D eigenvalue weighted by Crippen LogP contribution is -2.06. The Morgan fingerprint density at radius 2 is 1.67 bits per heavy atom. The summed E-state index contributed by atoms with van der Waals surface area (Å²) in [5, 5.41) is 0. The van der Waals surface area contributed by atoms with E-state index in [0.717, 1.165) is 23.1 Å². The van der Waals surface area contributed by atoms with Crippen LogP contribution >= 0.6 is 12.4 Å². The van der Waals surface area contributed by atoms with Crippen molar-refractivity contribution < 1.29 is 13.5 Å². The summed E-state index contributed by atoms with van der Waals surface area (Å²) in [4.78, 5) is 0. The summed E-state index contributed by atoms with van der Waals surface area (Å²) in [6.45, 7) is 0.0116. The second kappa shape index (κ2) is 8.60. The average molecular weight is 314 g/mol. The molecule has 0 saturated heterocycles. The minimum Gasteiger partial charge on any atom is -0.488 e. The van der Waals surface area contributed by atoms with Gasteiger partial charge in [-0.2, -0.15) is 0 Å². The molecule has 114 valence electrons. The Bertz CT molecular complexity index is 563. The fraction of sp³-hybridized carbons (Fsp3) is 0.250. The Morgan fingerprint density at radius 1 is 1.00 bits per heavy atom. The molecule has 0 bridgehead atoms. The van der Waals surface area contributed by atoms with Crippen LogP contribution in [0.25, 0.3) is 11.1 Å². The van der Waals surface area contributed by atoms with Crippen molar-refractivity contribution in [1.82, 2.24) is 0 Å². The fourth-order valence-electron chi connectivity index (χ4n) is 2.00. The molecule has 0 aliphatic heterocycles. The first-order valence-corrected chi connectivity index (χ1v) is 6.49. The van der Waals surface area contributed by atoms with E-state index < -0.39 is 13.0 Å². The molecule has 2 N–H and O–H groups in total. The van der Waals surface area contributed by atoms with Crippen LogP contribution in [0, 0.1) is 0 Å². The first-order valence-electron chi connectivity index (χ1n) is 6.49. The van der Waals surface area contributed by atoms with Crippen LogP contribution in [0.5, 0.6) is 5.75 Å². The number of rotatable bonds is 6. The third kappa shape index (κ3) is 5.33. The van der Waals surface area contributed by atoms with Crippen molar-refractivity contribution in [3.05, 3.63) is 54.1 Å². The van der Waals surface area contributed by atoms with Gasteiger partial charge in [-0.25, -0.2) is 8.78 Å². The van der Waals surface area contributed by atoms with Gasteiger partial charge in [0, 0.05) is 0 Å². The Labute approximate surface area is 129 Å². The molecule has 2 aromatic rings. The van der Waals surface area contributed by atoms with Gasteiger partial charge in [0.2, 0.25) is 0 Å². The zero-order valence-electron chi connectivity index (χ0n) is 11.5. The topological polar surface area (TPSA) is 35.2 Å². The van der Waals surface area contributed by atoms with E-state index in [0.29, 0.717) is 12.3 Å². The second-order valence-electron chi connectivity index (χ2n) is 4.47. The zero-order valence-corrected chi connectivity index (χ0v) is 12.3. The molecule has 2 rings (SSSR count). The van der Waals surface area contributed by atoms with Crippen LogP contribution in [0.15, 0.2) is 48.5 Å². The van der Waals surface area contributed by atoms with Crippen LogP contribution < -0.4 is 10.5 Å². The van der Waals surface area contributed by atoms with E-state index in [4.69, 9.17) is 10.5 Å². The van der Waals surface area contributed by atoms with Gasteiger partial charge >= 0.3 is 0 Å². The van der Waals surface area contributed by atoms with Crippen LogP contribution in [0.4, 0.5) is 8.78 Å². The molecule has 0 radical (unpaired) electrons. The van der Waals surface area contributed by atoms with Crippen LogP contribution in [-0.2, 0) is 6.42 Å². The number of hydrogen-bond donors (Lipinski definition) is 1. The number of halogens is 3. The van der Waals surface area contributed by atoms with Crippen LogP contribution in [0.1, 0.15) is 5.56 Å². The lowest BCUT2D eigenvalue weighted by Gasteiger charge is -2.09.